The van der Waals surface area contributed by atoms with Gasteiger partial charge in [0.2, 0.25) is 0 Å². The van der Waals surface area contributed by atoms with Crippen LogP contribution in [0.15, 0.2) is 36.7 Å². The highest BCUT2D eigenvalue weighted by Gasteiger charge is 2.29. The molecular weight excluding hydrogens is 280 g/mol. The molecule has 0 fully saturated rings. The predicted octanol–water partition coefficient (Wildman–Crippen LogP) is 2.21. The van der Waals surface area contributed by atoms with Gasteiger partial charge in [0.1, 0.15) is 12.1 Å². The molecule has 2 aromatic heterocycles. The molecule has 1 aromatic carbocycles. The van der Waals surface area contributed by atoms with Crippen LogP contribution in [-0.4, -0.2) is 27.8 Å². The summed E-state index contributed by atoms with van der Waals surface area (Å²) in [6, 6.07) is 10.1. The molecule has 1 N–H and O–H groups in total. The maximum atomic E-state index is 6.06. The summed E-state index contributed by atoms with van der Waals surface area (Å²) in [5.41, 5.74) is 3.32. The Morgan fingerprint density at radius 2 is 2.00 bits per heavy atom. The maximum absolute atomic E-state index is 6.06. The molecule has 0 radical (unpaired) electrons. The molecule has 4 heterocycles. The molecule has 0 bridgehead atoms. The van der Waals surface area contributed by atoms with Crippen molar-refractivity contribution in [3.05, 3.63) is 47.8 Å². The van der Waals surface area contributed by atoms with Crippen LogP contribution >= 0.6 is 0 Å². The SMILES string of the molecule is c1cc2c3c(c1)OC[C@@H]3COc1ccc3nncn3c1NC2. The molecule has 0 amide bonds. The van der Waals surface area contributed by atoms with Crippen LogP contribution in [0.1, 0.15) is 17.0 Å². The number of nitrogens with zero attached hydrogens (tertiary/aromatic N) is 3. The second kappa shape index (κ2) is 4.37. The largest absolute Gasteiger partial charge is 0.493 e. The lowest BCUT2D eigenvalue weighted by Gasteiger charge is -2.13. The zero-order chi connectivity index (χ0) is 14.5. The molecule has 0 saturated carbocycles. The van der Waals surface area contributed by atoms with Crippen LogP contribution in [0.3, 0.4) is 0 Å². The van der Waals surface area contributed by atoms with Gasteiger partial charge in [0.25, 0.3) is 0 Å². The summed E-state index contributed by atoms with van der Waals surface area (Å²) in [5.74, 6) is 2.96. The van der Waals surface area contributed by atoms with Crippen LogP contribution in [0.25, 0.3) is 5.65 Å². The van der Waals surface area contributed by atoms with Gasteiger partial charge in [-0.2, -0.15) is 0 Å². The van der Waals surface area contributed by atoms with Crippen LogP contribution in [0.5, 0.6) is 11.5 Å². The van der Waals surface area contributed by atoms with E-state index in [2.05, 4.69) is 21.6 Å². The minimum Gasteiger partial charge on any atom is -0.493 e. The average molecular weight is 294 g/mol. The number of pyridine rings is 1. The quantitative estimate of drug-likeness (QED) is 0.689. The fourth-order valence-electron chi connectivity index (χ4n) is 3.27. The summed E-state index contributed by atoms with van der Waals surface area (Å²) >= 11 is 0. The molecule has 6 heteroatoms. The van der Waals surface area contributed by atoms with E-state index in [0.717, 1.165) is 29.5 Å². The lowest BCUT2D eigenvalue weighted by atomic mass is 9.96. The lowest BCUT2D eigenvalue weighted by molar-refractivity contribution is 0.249. The van der Waals surface area contributed by atoms with Crippen molar-refractivity contribution in [1.82, 2.24) is 14.6 Å². The fraction of sp³-hybridized carbons (Fsp3) is 0.250. The Morgan fingerprint density at radius 3 is 2.95 bits per heavy atom. The zero-order valence-corrected chi connectivity index (χ0v) is 11.8. The highest BCUT2D eigenvalue weighted by molar-refractivity contribution is 5.60. The van der Waals surface area contributed by atoms with Crippen molar-refractivity contribution in [2.45, 2.75) is 12.5 Å². The second-order valence-electron chi connectivity index (χ2n) is 5.61. The molecule has 3 aromatic rings. The van der Waals surface area contributed by atoms with Crippen molar-refractivity contribution < 1.29 is 9.47 Å². The smallest absolute Gasteiger partial charge is 0.162 e. The Balaban J connectivity index is 1.66. The third-order valence-corrected chi connectivity index (χ3v) is 4.32. The third kappa shape index (κ3) is 1.60. The zero-order valence-electron chi connectivity index (χ0n) is 11.8. The van der Waals surface area contributed by atoms with Crippen molar-refractivity contribution >= 4 is 11.5 Å². The molecule has 110 valence electrons. The van der Waals surface area contributed by atoms with Gasteiger partial charge in [0.05, 0.1) is 19.1 Å². The number of fused-ring (bicyclic) bond motifs is 3. The average Bonchev–Trinajstić information content (AvgIpc) is 3.18. The number of hydrogen-bond acceptors (Lipinski definition) is 5. The number of rotatable bonds is 0. The summed E-state index contributed by atoms with van der Waals surface area (Å²) in [5, 5.41) is 11.5. The summed E-state index contributed by atoms with van der Waals surface area (Å²) in [6.45, 7) is 2.00. The van der Waals surface area contributed by atoms with Crippen LogP contribution in [0.2, 0.25) is 0 Å². The summed E-state index contributed by atoms with van der Waals surface area (Å²) < 4.78 is 13.8. The van der Waals surface area contributed by atoms with Crippen molar-refractivity contribution in [3.63, 3.8) is 0 Å². The van der Waals surface area contributed by atoms with Crippen LogP contribution in [0, 0.1) is 0 Å². The van der Waals surface area contributed by atoms with Crippen molar-refractivity contribution in [1.29, 1.82) is 0 Å². The van der Waals surface area contributed by atoms with E-state index in [1.165, 1.54) is 11.1 Å². The minimum atomic E-state index is 0.274. The molecule has 0 aliphatic carbocycles. The van der Waals surface area contributed by atoms with Gasteiger partial charge in [-0.05, 0) is 23.8 Å². The highest BCUT2D eigenvalue weighted by Crippen LogP contribution is 2.39. The number of benzene rings is 1. The first kappa shape index (κ1) is 11.9. The summed E-state index contributed by atoms with van der Waals surface area (Å²) in [6.07, 6.45) is 1.70. The molecule has 0 saturated heterocycles. The monoisotopic (exact) mass is 294 g/mol. The molecule has 0 unspecified atom stereocenters. The molecular formula is C16H14N4O2. The number of aromatic nitrogens is 3. The predicted molar refractivity (Wildman–Crippen MR) is 80.5 cm³/mol. The van der Waals surface area contributed by atoms with E-state index in [9.17, 15) is 0 Å². The summed E-state index contributed by atoms with van der Waals surface area (Å²) in [4.78, 5) is 0. The maximum Gasteiger partial charge on any atom is 0.162 e. The first-order valence-electron chi connectivity index (χ1n) is 7.34. The van der Waals surface area contributed by atoms with Crippen molar-refractivity contribution in [2.24, 2.45) is 0 Å². The van der Waals surface area contributed by atoms with Crippen LogP contribution < -0.4 is 14.8 Å². The molecule has 2 aliphatic rings. The molecule has 0 spiro atoms. The number of anilines is 1. The topological polar surface area (TPSA) is 60.7 Å². The first-order valence-corrected chi connectivity index (χ1v) is 7.34. The van der Waals surface area contributed by atoms with E-state index >= 15 is 0 Å². The van der Waals surface area contributed by atoms with Gasteiger partial charge in [-0.1, -0.05) is 12.1 Å². The van der Waals surface area contributed by atoms with Gasteiger partial charge >= 0.3 is 0 Å². The van der Waals surface area contributed by atoms with Gasteiger partial charge in [0, 0.05) is 12.1 Å². The van der Waals surface area contributed by atoms with E-state index < -0.39 is 0 Å². The lowest BCUT2D eigenvalue weighted by Crippen LogP contribution is -2.12. The Labute approximate surface area is 126 Å². The van der Waals surface area contributed by atoms with Gasteiger partial charge < -0.3 is 14.8 Å². The normalized spacial score (nSPS) is 19.0. The third-order valence-electron chi connectivity index (χ3n) is 4.32. The molecule has 5 rings (SSSR count). The van der Waals surface area contributed by atoms with Crippen molar-refractivity contribution in [2.75, 3.05) is 18.5 Å². The highest BCUT2D eigenvalue weighted by atomic mass is 16.5. The van der Waals surface area contributed by atoms with E-state index in [1.54, 1.807) is 6.33 Å². The number of ether oxygens (including phenoxy) is 2. The van der Waals surface area contributed by atoms with E-state index in [0.29, 0.717) is 13.2 Å². The van der Waals surface area contributed by atoms with Crippen molar-refractivity contribution in [3.8, 4) is 11.5 Å². The van der Waals surface area contributed by atoms with E-state index in [1.807, 2.05) is 28.7 Å². The fourth-order valence-corrected chi connectivity index (χ4v) is 3.27. The Kier molecular flexibility index (Phi) is 2.35. The number of hydrogen-bond donors (Lipinski definition) is 1. The minimum absolute atomic E-state index is 0.274. The summed E-state index contributed by atoms with van der Waals surface area (Å²) in [7, 11) is 0. The molecule has 22 heavy (non-hydrogen) atoms. The number of nitrogens with one attached hydrogen (secondary N) is 1. The Bertz CT molecular complexity index is 874. The van der Waals surface area contributed by atoms with Crippen LogP contribution in [-0.2, 0) is 6.54 Å². The van der Waals surface area contributed by atoms with Gasteiger partial charge in [-0.3, -0.25) is 4.40 Å². The first-order chi connectivity index (χ1) is 10.9. The standard InChI is InChI=1S/C16H14N4O2/c1-2-10-6-17-16-13(4-5-14-19-18-9-20(14)16)22-8-11-7-21-12(3-1)15(10)11/h1-5,9,11,17H,6-8H2/t11-/m1/s1. The van der Waals surface area contributed by atoms with E-state index in [-0.39, 0.29) is 5.92 Å². The van der Waals surface area contributed by atoms with Gasteiger partial charge in [-0.15, -0.1) is 10.2 Å². The van der Waals surface area contributed by atoms with Crippen LogP contribution in [0.4, 0.5) is 5.82 Å². The molecule has 6 nitrogen and oxygen atoms in total. The van der Waals surface area contributed by atoms with Gasteiger partial charge in [0.15, 0.2) is 17.2 Å². The molecule has 2 aliphatic heterocycles. The molecule has 1 atom stereocenters. The van der Waals surface area contributed by atoms with Gasteiger partial charge in [-0.25, -0.2) is 0 Å². The Morgan fingerprint density at radius 1 is 1.09 bits per heavy atom. The van der Waals surface area contributed by atoms with E-state index in [4.69, 9.17) is 9.47 Å². The Hall–Kier alpha value is -2.76. The second-order valence-corrected chi connectivity index (χ2v) is 5.61.